The molecule has 0 nitrogen and oxygen atoms in total. The number of hydrogen-bond acceptors (Lipinski definition) is 0. The molecule has 0 radical (unpaired) electrons. The second-order valence-corrected chi connectivity index (χ2v) is 8.52. The van der Waals surface area contributed by atoms with E-state index in [1.54, 1.807) is 0 Å². The third kappa shape index (κ3) is 10.4. The minimum Gasteiger partial charge on any atom is -1.00 e. The third-order valence-corrected chi connectivity index (χ3v) is 3.33. The zero-order valence-electron chi connectivity index (χ0n) is 5.62. The van der Waals surface area contributed by atoms with Gasteiger partial charge in [0.15, 0.2) is 0 Å². The third-order valence-electron chi connectivity index (χ3n) is 0.755. The minimum atomic E-state index is -0.463. The molecule has 0 heterocycles. The largest absolute Gasteiger partial charge is 1.00 e. The van der Waals surface area contributed by atoms with E-state index in [1.165, 1.54) is 11.5 Å². The average molecular weight is 264 g/mol. The fourth-order valence-electron chi connectivity index (χ4n) is 0.254. The molecule has 8 heavy (non-hydrogen) atoms. The maximum Gasteiger partial charge on any atom is 0.0683 e. The second kappa shape index (κ2) is 5.20. The molecular weight excluding hydrogens is 251 g/mol. The van der Waals surface area contributed by atoms with Gasteiger partial charge in [-0.2, -0.15) is 0 Å². The van der Waals surface area contributed by atoms with Crippen LogP contribution in [0.5, 0.6) is 0 Å². The molecule has 0 aromatic rings. The summed E-state index contributed by atoms with van der Waals surface area (Å²) in [5.41, 5.74) is 0. The van der Waals surface area contributed by atoms with Crippen LogP contribution in [-0.4, -0.2) is 31.5 Å². The maximum atomic E-state index is 3.41. The number of rotatable bonds is 2. The van der Waals surface area contributed by atoms with Crippen LogP contribution in [0.3, 0.4) is 0 Å². The van der Waals surface area contributed by atoms with Gasteiger partial charge in [-0.05, 0) is 0 Å². The fraction of sp³-hybridized carbons (Fsp3) is 1.00. The summed E-state index contributed by atoms with van der Waals surface area (Å²) < 4.78 is 0. The van der Waals surface area contributed by atoms with Crippen LogP contribution in [0.15, 0.2) is 0 Å². The van der Waals surface area contributed by atoms with Crippen molar-refractivity contribution in [1.29, 1.82) is 0 Å². The molecule has 0 atom stereocenters. The molecule has 0 aromatic heterocycles. The van der Waals surface area contributed by atoms with Gasteiger partial charge in [0.05, 0.1) is 6.16 Å². The van der Waals surface area contributed by atoms with Gasteiger partial charge in [-0.15, -0.1) is 0 Å². The van der Waals surface area contributed by atoms with E-state index in [2.05, 4.69) is 35.9 Å². The predicted molar refractivity (Wildman–Crippen MR) is 43.4 cm³/mol. The molecule has 0 fully saturated rings. The van der Waals surface area contributed by atoms with E-state index < -0.39 is 7.26 Å². The van der Waals surface area contributed by atoms with Crippen LogP contribution in [0.25, 0.3) is 0 Å². The highest BCUT2D eigenvalue weighted by Gasteiger charge is 2.14. The Morgan fingerprint density at radius 1 is 1.25 bits per heavy atom. The van der Waals surface area contributed by atoms with Crippen molar-refractivity contribution in [2.45, 2.75) is 0 Å². The van der Waals surface area contributed by atoms with Crippen molar-refractivity contribution in [3.63, 3.8) is 0 Å². The van der Waals surface area contributed by atoms with Gasteiger partial charge in [0.25, 0.3) is 0 Å². The van der Waals surface area contributed by atoms with E-state index in [0.29, 0.717) is 0 Å². The van der Waals surface area contributed by atoms with Gasteiger partial charge in [-0.1, -0.05) is 15.9 Å². The van der Waals surface area contributed by atoms with Crippen molar-refractivity contribution in [2.75, 3.05) is 31.5 Å². The minimum absolute atomic E-state index is 0. The summed E-state index contributed by atoms with van der Waals surface area (Å²) in [6, 6.07) is 0. The molecule has 0 N–H and O–H groups in total. The lowest BCUT2D eigenvalue weighted by atomic mass is 11.0. The second-order valence-electron chi connectivity index (χ2n) is 2.70. The Hall–Kier alpha value is 1.39. The van der Waals surface area contributed by atoms with Gasteiger partial charge in [-0.3, -0.25) is 0 Å². The molecule has 3 heteroatoms. The SMILES string of the molecule is C[P+](C)(C)CCBr.[Br-]. The van der Waals surface area contributed by atoms with Crippen LogP contribution in [0.2, 0.25) is 0 Å². The molecule has 0 amide bonds. The zero-order chi connectivity index (χ0) is 5.91. The summed E-state index contributed by atoms with van der Waals surface area (Å²) >= 11 is 3.41. The summed E-state index contributed by atoms with van der Waals surface area (Å²) in [5.74, 6) is 0. The Labute approximate surface area is 71.7 Å². The van der Waals surface area contributed by atoms with Crippen LogP contribution >= 0.6 is 23.2 Å². The maximum absolute atomic E-state index is 3.41. The Kier molecular flexibility index (Phi) is 7.86. The summed E-state index contributed by atoms with van der Waals surface area (Å²) in [6.07, 6.45) is 1.37. The van der Waals surface area contributed by atoms with Crippen molar-refractivity contribution >= 4 is 23.2 Å². The van der Waals surface area contributed by atoms with Gasteiger partial charge >= 0.3 is 0 Å². The van der Waals surface area contributed by atoms with E-state index in [4.69, 9.17) is 0 Å². The molecule has 0 saturated carbocycles. The average Bonchev–Trinajstić information content (AvgIpc) is 1.30. The quantitative estimate of drug-likeness (QED) is 0.456. The summed E-state index contributed by atoms with van der Waals surface area (Å²) in [6.45, 7) is 7.07. The van der Waals surface area contributed by atoms with Gasteiger partial charge in [-0.25, -0.2) is 0 Å². The summed E-state index contributed by atoms with van der Waals surface area (Å²) in [4.78, 5) is 0. The number of alkyl halides is 1. The highest BCUT2D eigenvalue weighted by atomic mass is 79.9. The van der Waals surface area contributed by atoms with Crippen molar-refractivity contribution in [3.8, 4) is 0 Å². The molecule has 0 saturated heterocycles. The Bertz CT molecular complexity index is 48.9. The molecule has 0 aliphatic heterocycles. The van der Waals surface area contributed by atoms with Gasteiger partial charge in [0.2, 0.25) is 0 Å². The van der Waals surface area contributed by atoms with E-state index in [1.807, 2.05) is 0 Å². The van der Waals surface area contributed by atoms with E-state index in [-0.39, 0.29) is 17.0 Å². The van der Waals surface area contributed by atoms with Crippen molar-refractivity contribution in [2.24, 2.45) is 0 Å². The Morgan fingerprint density at radius 2 is 1.62 bits per heavy atom. The normalized spacial score (nSPS) is 10.5. The first kappa shape index (κ1) is 12.1. The fourth-order valence-corrected chi connectivity index (χ4v) is 3.95. The van der Waals surface area contributed by atoms with Crippen LogP contribution < -0.4 is 17.0 Å². The van der Waals surface area contributed by atoms with Gasteiger partial charge in [0, 0.05) is 32.6 Å². The monoisotopic (exact) mass is 262 g/mol. The van der Waals surface area contributed by atoms with Crippen LogP contribution in [0.4, 0.5) is 0 Å². The smallest absolute Gasteiger partial charge is 0.0683 e. The molecule has 0 rings (SSSR count). The lowest BCUT2D eigenvalue weighted by Crippen LogP contribution is -3.00. The molecule has 0 aliphatic rings. The van der Waals surface area contributed by atoms with E-state index >= 15 is 0 Å². The van der Waals surface area contributed by atoms with Crippen molar-refractivity contribution in [1.82, 2.24) is 0 Å². The summed E-state index contributed by atoms with van der Waals surface area (Å²) in [5, 5.41) is 1.17. The molecule has 0 aliphatic carbocycles. The van der Waals surface area contributed by atoms with Gasteiger partial charge in [0.1, 0.15) is 0 Å². The van der Waals surface area contributed by atoms with Crippen LogP contribution in [0, 0.1) is 0 Å². The van der Waals surface area contributed by atoms with E-state index in [9.17, 15) is 0 Å². The lowest BCUT2D eigenvalue weighted by Gasteiger charge is -2.07. The molecule has 0 bridgehead atoms. The van der Waals surface area contributed by atoms with Crippen LogP contribution in [0.1, 0.15) is 0 Å². The Morgan fingerprint density at radius 3 is 1.62 bits per heavy atom. The van der Waals surface area contributed by atoms with Gasteiger partial charge < -0.3 is 17.0 Å². The highest BCUT2D eigenvalue weighted by Crippen LogP contribution is 2.45. The summed E-state index contributed by atoms with van der Waals surface area (Å²) in [7, 11) is -0.463. The molecule has 52 valence electrons. The first-order chi connectivity index (χ1) is 3.06. The predicted octanol–water partition coefficient (Wildman–Crippen LogP) is -0.708. The zero-order valence-corrected chi connectivity index (χ0v) is 9.68. The first-order valence-electron chi connectivity index (χ1n) is 2.43. The highest BCUT2D eigenvalue weighted by molar-refractivity contribution is 9.09. The van der Waals surface area contributed by atoms with Crippen LogP contribution in [-0.2, 0) is 0 Å². The molecule has 0 spiro atoms. The van der Waals surface area contributed by atoms with Crippen molar-refractivity contribution < 1.29 is 17.0 Å². The number of halogens is 2. The van der Waals surface area contributed by atoms with E-state index in [0.717, 1.165) is 0 Å². The standard InChI is InChI=1S/C5H13BrP.BrH/c1-7(2,3)5-4-6;/h4-5H2,1-3H3;1H/q+1;/p-1. The first-order valence-corrected chi connectivity index (χ1v) is 6.86. The topological polar surface area (TPSA) is 0 Å². The Balaban J connectivity index is 0. The molecule has 0 aromatic carbocycles. The van der Waals surface area contributed by atoms with Crippen molar-refractivity contribution in [3.05, 3.63) is 0 Å². The molecular formula is C5H13Br2P. The molecule has 0 unspecified atom stereocenters. The lowest BCUT2D eigenvalue weighted by molar-refractivity contribution is -0.00000171. The number of hydrogen-bond donors (Lipinski definition) is 0.